The highest BCUT2D eigenvalue weighted by atomic mass is 35.5. The lowest BCUT2D eigenvalue weighted by molar-refractivity contribution is -0.628. The van der Waals surface area contributed by atoms with E-state index in [1.165, 1.54) is 25.7 Å². The van der Waals surface area contributed by atoms with Gasteiger partial charge in [-0.2, -0.15) is 4.89 Å². The topological polar surface area (TPSA) is 65.0 Å². The fraction of sp³-hybridized carbons (Fsp3) is 0.481. The van der Waals surface area contributed by atoms with Crippen LogP contribution in [0.3, 0.4) is 0 Å². The molecule has 1 aliphatic heterocycles. The molecule has 3 aliphatic carbocycles. The van der Waals surface area contributed by atoms with Gasteiger partial charge in [-0.1, -0.05) is 70.0 Å². The Morgan fingerprint density at radius 1 is 0.973 bits per heavy atom. The maximum atomic E-state index is 8.46. The Balaban J connectivity index is 0.000000892. The molecule has 4 aliphatic rings. The summed E-state index contributed by atoms with van der Waals surface area (Å²) in [4.78, 5) is 19.4. The van der Waals surface area contributed by atoms with Gasteiger partial charge < -0.3 is 9.63 Å². The van der Waals surface area contributed by atoms with Gasteiger partial charge in [0.25, 0.3) is 5.79 Å². The van der Waals surface area contributed by atoms with Gasteiger partial charge in [0.2, 0.25) is 0 Å². The van der Waals surface area contributed by atoms with Crippen LogP contribution in [0.5, 0.6) is 5.75 Å². The van der Waals surface area contributed by atoms with E-state index in [4.69, 9.17) is 70.4 Å². The normalized spacial score (nSPS) is 30.3. The van der Waals surface area contributed by atoms with Gasteiger partial charge in [-0.05, 0) is 81.7 Å². The maximum Gasteiger partial charge on any atom is 0.324 e. The quantitative estimate of drug-likeness (QED) is 0.215. The summed E-state index contributed by atoms with van der Waals surface area (Å²) in [5.41, 5.74) is 4.33. The standard InChI is InChI=1S/C27H26Cl4O3.HO2P/c1-15-11-18(9-10-22(15)29)27(32-25-23(30)13-19(28)14-24(25)31)26(33-34-27)17-6-4-8-21(26)20-7-3-2-5-16(20)12-17;1-3-2/h9-11,13-14,17,21H,2-8,12H2,1H3;(H,1,2). The lowest BCUT2D eigenvalue weighted by atomic mass is 9.53. The second-order valence-corrected chi connectivity index (χ2v) is 12.0. The lowest BCUT2D eigenvalue weighted by Gasteiger charge is -2.65. The van der Waals surface area contributed by atoms with Crippen LogP contribution < -0.4 is 4.74 Å². The van der Waals surface area contributed by atoms with Crippen LogP contribution in [0.15, 0.2) is 41.5 Å². The summed E-state index contributed by atoms with van der Waals surface area (Å²) < 4.78 is 15.3. The molecule has 1 saturated heterocycles. The SMILES string of the molecule is Cc1cc(C2(Oc3c(Cl)cc(Cl)cc3Cl)OOC23C2CCCC3C3=C(CCCC3)C2)ccc1Cl.O=PO. The molecule has 1 heterocycles. The third kappa shape index (κ3) is 4.54. The minimum atomic E-state index is -1.20. The molecule has 0 radical (unpaired) electrons. The molecule has 198 valence electrons. The van der Waals surface area contributed by atoms with Crippen molar-refractivity contribution in [2.24, 2.45) is 11.8 Å². The van der Waals surface area contributed by atoms with E-state index in [9.17, 15) is 0 Å². The first-order valence-corrected chi connectivity index (χ1v) is 14.7. The van der Waals surface area contributed by atoms with Crippen LogP contribution in [0, 0.1) is 18.8 Å². The van der Waals surface area contributed by atoms with Crippen molar-refractivity contribution in [3.8, 4) is 5.75 Å². The first-order valence-electron chi connectivity index (χ1n) is 12.4. The first-order chi connectivity index (χ1) is 17.8. The summed E-state index contributed by atoms with van der Waals surface area (Å²) in [5.74, 6) is -0.345. The number of aryl methyl sites for hydroxylation is 1. The monoisotopic (exact) mass is 602 g/mol. The molecular formula is C27H27Cl4O5P. The highest BCUT2D eigenvalue weighted by Gasteiger charge is 2.76. The average molecular weight is 604 g/mol. The zero-order valence-corrected chi connectivity index (χ0v) is 24.2. The minimum absolute atomic E-state index is 0.227. The summed E-state index contributed by atoms with van der Waals surface area (Å²) in [7, 11) is -0.833. The number of hydrogen-bond acceptors (Lipinski definition) is 4. The fourth-order valence-corrected chi connectivity index (χ4v) is 7.81. The van der Waals surface area contributed by atoms with Crippen molar-refractivity contribution in [3.05, 3.63) is 72.7 Å². The Labute approximate surface area is 238 Å². The molecule has 1 saturated carbocycles. The van der Waals surface area contributed by atoms with Crippen molar-refractivity contribution in [3.63, 3.8) is 0 Å². The molecule has 4 atom stereocenters. The smallest absolute Gasteiger partial charge is 0.324 e. The van der Waals surface area contributed by atoms with Crippen molar-refractivity contribution in [1.29, 1.82) is 0 Å². The molecule has 2 aromatic rings. The predicted molar refractivity (Wildman–Crippen MR) is 146 cm³/mol. The Morgan fingerprint density at radius 3 is 2.32 bits per heavy atom. The van der Waals surface area contributed by atoms with Gasteiger partial charge in [-0.25, -0.2) is 9.45 Å². The number of fused-ring (bicyclic) bond motifs is 1. The molecule has 2 aromatic carbocycles. The molecule has 2 bridgehead atoms. The van der Waals surface area contributed by atoms with Crippen LogP contribution in [0.4, 0.5) is 0 Å². The highest BCUT2D eigenvalue weighted by molar-refractivity contribution is 7.16. The predicted octanol–water partition coefficient (Wildman–Crippen LogP) is 9.42. The Bertz CT molecular complexity index is 1230. The molecule has 4 unspecified atom stereocenters. The van der Waals surface area contributed by atoms with E-state index in [2.05, 4.69) is 0 Å². The summed E-state index contributed by atoms with van der Waals surface area (Å²) in [6.07, 6.45) is 9.13. The second-order valence-electron chi connectivity index (χ2n) is 10.1. The van der Waals surface area contributed by atoms with Gasteiger partial charge in [-0.15, -0.1) is 0 Å². The third-order valence-electron chi connectivity index (χ3n) is 8.27. The van der Waals surface area contributed by atoms with Crippen LogP contribution >= 0.6 is 55.1 Å². The first kappa shape index (κ1) is 27.7. The molecule has 2 fully saturated rings. The second kappa shape index (κ2) is 10.9. The van der Waals surface area contributed by atoms with Crippen molar-refractivity contribution >= 4 is 55.1 Å². The molecule has 0 amide bonds. The van der Waals surface area contributed by atoms with Gasteiger partial charge in [0.05, 0.1) is 10.0 Å². The van der Waals surface area contributed by atoms with Crippen molar-refractivity contribution in [2.75, 3.05) is 0 Å². The number of ether oxygens (including phenoxy) is 1. The van der Waals surface area contributed by atoms with Crippen molar-refractivity contribution < 1.29 is 24.0 Å². The minimum Gasteiger partial charge on any atom is -0.449 e. The maximum absolute atomic E-state index is 8.46. The number of halogens is 4. The molecular weight excluding hydrogens is 577 g/mol. The third-order valence-corrected chi connectivity index (χ3v) is 9.47. The van der Waals surface area contributed by atoms with E-state index in [1.807, 2.05) is 25.1 Å². The van der Waals surface area contributed by atoms with Crippen LogP contribution in [-0.4, -0.2) is 10.5 Å². The van der Waals surface area contributed by atoms with E-state index < -0.39 is 20.1 Å². The van der Waals surface area contributed by atoms with Gasteiger partial charge in [0.1, 0.15) is 0 Å². The molecule has 0 aromatic heterocycles. The Morgan fingerprint density at radius 2 is 1.68 bits per heavy atom. The summed E-state index contributed by atoms with van der Waals surface area (Å²) in [6.45, 7) is 1.98. The molecule has 10 heteroatoms. The molecule has 6 rings (SSSR count). The number of allylic oxidation sites excluding steroid dienone is 1. The summed E-state index contributed by atoms with van der Waals surface area (Å²) in [5, 5.41) is 1.82. The van der Waals surface area contributed by atoms with Gasteiger partial charge in [0, 0.05) is 27.4 Å². The zero-order chi connectivity index (χ0) is 26.4. The fourth-order valence-electron chi connectivity index (χ4n) is 6.80. The number of benzene rings is 2. The van der Waals surface area contributed by atoms with Gasteiger partial charge in [-0.3, -0.25) is 0 Å². The van der Waals surface area contributed by atoms with Crippen LogP contribution in [-0.2, 0) is 20.1 Å². The van der Waals surface area contributed by atoms with Crippen LogP contribution in [0.25, 0.3) is 0 Å². The van der Waals surface area contributed by atoms with Gasteiger partial charge >= 0.3 is 8.69 Å². The van der Waals surface area contributed by atoms with E-state index in [0.29, 0.717) is 25.8 Å². The van der Waals surface area contributed by atoms with E-state index in [-0.39, 0.29) is 11.8 Å². The van der Waals surface area contributed by atoms with Crippen molar-refractivity contribution in [2.45, 2.75) is 69.7 Å². The zero-order valence-electron chi connectivity index (χ0n) is 20.2. The molecule has 1 spiro atoms. The number of hydrogen-bond donors (Lipinski definition) is 1. The van der Waals surface area contributed by atoms with Crippen LogP contribution in [0.2, 0.25) is 20.1 Å². The molecule has 1 N–H and O–H groups in total. The average Bonchev–Trinajstić information content (AvgIpc) is 2.85. The Kier molecular flexibility index (Phi) is 8.19. The molecule has 37 heavy (non-hydrogen) atoms. The Hall–Kier alpha value is -0.880. The van der Waals surface area contributed by atoms with E-state index in [0.717, 1.165) is 36.8 Å². The highest BCUT2D eigenvalue weighted by Crippen LogP contribution is 2.67. The largest absolute Gasteiger partial charge is 0.449 e. The summed E-state index contributed by atoms with van der Waals surface area (Å²) >= 11 is 25.8. The van der Waals surface area contributed by atoms with E-state index in [1.54, 1.807) is 23.3 Å². The molecule has 5 nitrogen and oxygen atoms in total. The van der Waals surface area contributed by atoms with Gasteiger partial charge in [0.15, 0.2) is 11.4 Å². The van der Waals surface area contributed by atoms with E-state index >= 15 is 0 Å². The van der Waals surface area contributed by atoms with Crippen molar-refractivity contribution in [1.82, 2.24) is 0 Å². The lowest BCUT2D eigenvalue weighted by Crippen LogP contribution is -2.76. The van der Waals surface area contributed by atoms with Crippen LogP contribution in [0.1, 0.15) is 62.5 Å². The summed E-state index contributed by atoms with van der Waals surface area (Å²) in [6, 6.07) is 9.17. The number of rotatable bonds is 3.